The van der Waals surface area contributed by atoms with Gasteiger partial charge >= 0.3 is 5.69 Å². The third-order valence-corrected chi connectivity index (χ3v) is 5.86. The fourth-order valence-corrected chi connectivity index (χ4v) is 4.75. The summed E-state index contributed by atoms with van der Waals surface area (Å²) in [7, 11) is 0. The van der Waals surface area contributed by atoms with Gasteiger partial charge < -0.3 is 10.6 Å². The van der Waals surface area contributed by atoms with E-state index >= 15 is 0 Å². The van der Waals surface area contributed by atoms with Crippen LogP contribution in [0.3, 0.4) is 0 Å². The molecule has 4 N–H and O–H groups in total. The van der Waals surface area contributed by atoms with Gasteiger partial charge in [-0.1, -0.05) is 30.3 Å². The molecule has 2 aliphatic heterocycles. The van der Waals surface area contributed by atoms with Crippen LogP contribution in [0.2, 0.25) is 0 Å². The van der Waals surface area contributed by atoms with E-state index in [0.29, 0.717) is 22.5 Å². The molecule has 4 aromatic rings. The van der Waals surface area contributed by atoms with Crippen LogP contribution in [0.25, 0.3) is 10.8 Å². The van der Waals surface area contributed by atoms with Gasteiger partial charge in [0, 0.05) is 22.5 Å². The van der Waals surface area contributed by atoms with Gasteiger partial charge in [-0.3, -0.25) is 19.6 Å². The van der Waals surface area contributed by atoms with Crippen LogP contribution in [-0.2, 0) is 10.2 Å². The summed E-state index contributed by atoms with van der Waals surface area (Å²) in [6.07, 6.45) is 0. The molecule has 1 spiro atoms. The lowest BCUT2D eigenvalue weighted by molar-refractivity contribution is -0.118. The number of hydrogen-bond donors (Lipinski definition) is 4. The number of anilines is 3. The van der Waals surface area contributed by atoms with Crippen molar-refractivity contribution in [1.82, 2.24) is 9.97 Å². The summed E-state index contributed by atoms with van der Waals surface area (Å²) in [5, 5.41) is 7.46. The minimum Gasteiger partial charge on any atom is -0.341 e. The molecule has 3 heterocycles. The van der Waals surface area contributed by atoms with Gasteiger partial charge in [0.15, 0.2) is 0 Å². The van der Waals surface area contributed by atoms with E-state index in [-0.39, 0.29) is 11.4 Å². The quantitative estimate of drug-likeness (QED) is 0.364. The SMILES string of the molecule is O=C1Nc2ccc3ccccc3c2C12c1cc(F)ccc1Nc1[nH]c(=O)[nH]c(=O)c12. The Hall–Kier alpha value is -4.20. The average Bonchev–Trinajstić information content (AvgIpc) is 3.01. The first-order chi connectivity index (χ1) is 14.5. The lowest BCUT2D eigenvalue weighted by atomic mass is 9.67. The minimum atomic E-state index is -1.63. The molecule has 0 radical (unpaired) electrons. The first-order valence-corrected chi connectivity index (χ1v) is 9.28. The van der Waals surface area contributed by atoms with Crippen LogP contribution >= 0.6 is 0 Å². The van der Waals surface area contributed by atoms with Crippen molar-refractivity contribution in [2.24, 2.45) is 0 Å². The van der Waals surface area contributed by atoms with Gasteiger partial charge in [-0.25, -0.2) is 9.18 Å². The second-order valence-corrected chi connectivity index (χ2v) is 7.39. The Labute approximate surface area is 167 Å². The molecule has 1 aromatic heterocycles. The monoisotopic (exact) mass is 400 g/mol. The molecular weight excluding hydrogens is 387 g/mol. The first kappa shape index (κ1) is 16.7. The molecule has 0 saturated heterocycles. The zero-order valence-electron chi connectivity index (χ0n) is 15.3. The standard InChI is InChI=1S/C22H13FN4O3/c23-11-6-8-14-13(9-11)22(17-18(24-14)26-21(30)27-19(17)28)16-12-4-2-1-3-10(12)5-7-15(16)25-20(22)29/h1-9H,(H,25,29)(H3,24,26,27,28,30). The predicted molar refractivity (Wildman–Crippen MR) is 110 cm³/mol. The predicted octanol–water partition coefficient (Wildman–Crippen LogP) is 2.70. The Morgan fingerprint density at radius 1 is 0.800 bits per heavy atom. The summed E-state index contributed by atoms with van der Waals surface area (Å²) in [6.45, 7) is 0. The Morgan fingerprint density at radius 3 is 2.47 bits per heavy atom. The van der Waals surface area contributed by atoms with E-state index < -0.39 is 28.4 Å². The van der Waals surface area contributed by atoms with E-state index in [0.717, 1.165) is 10.8 Å². The number of aromatic nitrogens is 2. The second-order valence-electron chi connectivity index (χ2n) is 7.39. The number of benzene rings is 3. The van der Waals surface area contributed by atoms with Gasteiger partial charge in [0.25, 0.3) is 5.56 Å². The number of aromatic amines is 2. The van der Waals surface area contributed by atoms with Crippen LogP contribution in [0.5, 0.6) is 0 Å². The Morgan fingerprint density at radius 2 is 1.60 bits per heavy atom. The molecule has 0 bridgehead atoms. The number of carbonyl (C=O) groups is 1. The summed E-state index contributed by atoms with van der Waals surface area (Å²) in [5.41, 5.74) is -1.21. The number of hydrogen-bond acceptors (Lipinski definition) is 4. The van der Waals surface area contributed by atoms with Crippen molar-refractivity contribution < 1.29 is 9.18 Å². The van der Waals surface area contributed by atoms with Gasteiger partial charge in [-0.05, 0) is 35.0 Å². The van der Waals surface area contributed by atoms with Crippen LogP contribution in [0.4, 0.5) is 21.6 Å². The lowest BCUT2D eigenvalue weighted by Crippen LogP contribution is -2.46. The van der Waals surface area contributed by atoms with Crippen molar-refractivity contribution in [3.05, 3.63) is 97.9 Å². The van der Waals surface area contributed by atoms with Crippen molar-refractivity contribution in [3.63, 3.8) is 0 Å². The van der Waals surface area contributed by atoms with Crippen molar-refractivity contribution in [3.8, 4) is 0 Å². The zero-order valence-corrected chi connectivity index (χ0v) is 15.3. The number of rotatable bonds is 0. The molecule has 7 nitrogen and oxygen atoms in total. The number of fused-ring (bicyclic) bond motifs is 8. The summed E-state index contributed by atoms with van der Waals surface area (Å²) in [4.78, 5) is 43.4. The van der Waals surface area contributed by atoms with Crippen molar-refractivity contribution in [1.29, 1.82) is 0 Å². The average molecular weight is 400 g/mol. The highest BCUT2D eigenvalue weighted by Gasteiger charge is 2.56. The molecule has 0 aliphatic carbocycles. The summed E-state index contributed by atoms with van der Waals surface area (Å²) in [5.74, 6) is -0.916. The van der Waals surface area contributed by atoms with Crippen molar-refractivity contribution in [2.75, 3.05) is 10.6 Å². The topological polar surface area (TPSA) is 107 Å². The van der Waals surface area contributed by atoms with Crippen molar-refractivity contribution in [2.45, 2.75) is 5.41 Å². The van der Waals surface area contributed by atoms with Gasteiger partial charge in [0.2, 0.25) is 5.91 Å². The number of carbonyl (C=O) groups excluding carboxylic acids is 1. The van der Waals surface area contributed by atoms with E-state index in [2.05, 4.69) is 20.6 Å². The highest BCUT2D eigenvalue weighted by atomic mass is 19.1. The molecule has 1 amide bonds. The van der Waals surface area contributed by atoms with Crippen LogP contribution in [0, 0.1) is 5.82 Å². The Balaban J connectivity index is 1.89. The Bertz CT molecular complexity index is 1540. The number of amides is 1. The second kappa shape index (κ2) is 5.44. The molecule has 2 aliphatic rings. The molecule has 1 unspecified atom stereocenters. The van der Waals surface area contributed by atoms with E-state index in [9.17, 15) is 18.8 Å². The fourth-order valence-electron chi connectivity index (χ4n) is 4.75. The molecule has 3 aromatic carbocycles. The molecule has 146 valence electrons. The molecule has 6 rings (SSSR count). The maximum absolute atomic E-state index is 14.4. The third-order valence-electron chi connectivity index (χ3n) is 5.86. The summed E-state index contributed by atoms with van der Waals surface area (Å²) in [6, 6.07) is 15.1. The molecule has 30 heavy (non-hydrogen) atoms. The maximum Gasteiger partial charge on any atom is 0.327 e. The molecule has 1 atom stereocenters. The Kier molecular flexibility index (Phi) is 3.04. The summed E-state index contributed by atoms with van der Waals surface area (Å²) < 4.78 is 14.4. The van der Waals surface area contributed by atoms with Gasteiger partial charge in [0.1, 0.15) is 17.1 Å². The van der Waals surface area contributed by atoms with Gasteiger partial charge in [0.05, 0.1) is 5.56 Å². The van der Waals surface area contributed by atoms with Crippen LogP contribution < -0.4 is 21.9 Å². The molecule has 0 saturated carbocycles. The highest BCUT2D eigenvalue weighted by molar-refractivity contribution is 6.17. The number of nitrogens with one attached hydrogen (secondary N) is 4. The molecule has 0 fully saturated rings. The van der Waals surface area contributed by atoms with E-state index in [1.165, 1.54) is 18.2 Å². The lowest BCUT2D eigenvalue weighted by Gasteiger charge is -2.35. The summed E-state index contributed by atoms with van der Waals surface area (Å²) >= 11 is 0. The minimum absolute atomic E-state index is 0.0211. The first-order valence-electron chi connectivity index (χ1n) is 9.28. The van der Waals surface area contributed by atoms with E-state index in [4.69, 9.17) is 0 Å². The highest BCUT2D eigenvalue weighted by Crippen LogP contribution is 2.55. The molecule has 8 heteroatoms. The van der Waals surface area contributed by atoms with Gasteiger partial charge in [-0.2, -0.15) is 0 Å². The van der Waals surface area contributed by atoms with Crippen LogP contribution in [0.1, 0.15) is 16.7 Å². The fraction of sp³-hybridized carbons (Fsp3) is 0.0455. The third kappa shape index (κ3) is 1.90. The van der Waals surface area contributed by atoms with Crippen LogP contribution in [-0.4, -0.2) is 15.9 Å². The van der Waals surface area contributed by atoms with E-state index in [1.807, 2.05) is 30.3 Å². The largest absolute Gasteiger partial charge is 0.341 e. The van der Waals surface area contributed by atoms with Gasteiger partial charge in [-0.15, -0.1) is 0 Å². The van der Waals surface area contributed by atoms with E-state index in [1.54, 1.807) is 6.07 Å². The number of H-pyrrole nitrogens is 2. The maximum atomic E-state index is 14.4. The van der Waals surface area contributed by atoms with Crippen LogP contribution in [0.15, 0.2) is 64.2 Å². The smallest absolute Gasteiger partial charge is 0.327 e. The molecular formula is C22H13FN4O3. The van der Waals surface area contributed by atoms with Crippen molar-refractivity contribution >= 4 is 33.9 Å². The normalized spacial score (nSPS) is 18.5. The zero-order chi connectivity index (χ0) is 20.6. The number of halogens is 1.